The van der Waals surface area contributed by atoms with Gasteiger partial charge in [-0.15, -0.1) is 10.2 Å². The zero-order chi connectivity index (χ0) is 13.9. The zero-order valence-corrected chi connectivity index (χ0v) is 11.0. The van der Waals surface area contributed by atoms with Crippen LogP contribution in [0.4, 0.5) is 5.82 Å². The minimum atomic E-state index is -0.558. The third-order valence-electron chi connectivity index (χ3n) is 3.52. The average molecular weight is 272 g/mol. The molecule has 1 fully saturated rings. The van der Waals surface area contributed by atoms with Crippen LogP contribution in [0, 0.1) is 0 Å². The largest absolute Gasteiger partial charge is 0.364 e. The third-order valence-corrected chi connectivity index (χ3v) is 3.52. The van der Waals surface area contributed by atoms with Crippen molar-refractivity contribution in [3.63, 3.8) is 0 Å². The predicted molar refractivity (Wildman–Crippen MR) is 73.3 cm³/mol. The molecule has 1 atom stereocenters. The topological polar surface area (TPSA) is 89.9 Å². The van der Waals surface area contributed by atoms with Crippen LogP contribution < -0.4 is 10.6 Å². The fraction of sp³-hybridized carbons (Fsp3) is 0.385. The van der Waals surface area contributed by atoms with Gasteiger partial charge in [0.15, 0.2) is 11.5 Å². The van der Waals surface area contributed by atoms with Crippen molar-refractivity contribution in [2.75, 3.05) is 18.0 Å². The van der Waals surface area contributed by atoms with Gasteiger partial charge in [0.25, 0.3) is 5.91 Å². The minimum Gasteiger partial charge on any atom is -0.364 e. The maximum absolute atomic E-state index is 11.0. The molecule has 104 valence electrons. The van der Waals surface area contributed by atoms with E-state index in [1.807, 2.05) is 16.9 Å². The molecule has 3 heterocycles. The van der Waals surface area contributed by atoms with Gasteiger partial charge in [0, 0.05) is 25.5 Å². The van der Waals surface area contributed by atoms with Gasteiger partial charge in [0.05, 0.1) is 6.04 Å². The minimum absolute atomic E-state index is 0.189. The molecule has 2 N–H and O–H groups in total. The molecule has 2 aromatic heterocycles. The molecule has 0 aliphatic carbocycles. The smallest absolute Gasteiger partial charge is 0.269 e. The number of anilines is 1. The number of carbonyl (C=O) groups excluding carboxylic acids is 1. The summed E-state index contributed by atoms with van der Waals surface area (Å²) in [6.07, 6.45) is 5.95. The van der Waals surface area contributed by atoms with Gasteiger partial charge < -0.3 is 10.6 Å². The van der Waals surface area contributed by atoms with E-state index in [2.05, 4.69) is 20.2 Å². The van der Waals surface area contributed by atoms with Crippen LogP contribution in [0.5, 0.6) is 0 Å². The van der Waals surface area contributed by atoms with Gasteiger partial charge in [0.1, 0.15) is 0 Å². The van der Waals surface area contributed by atoms with Crippen molar-refractivity contribution in [2.24, 2.45) is 5.73 Å². The van der Waals surface area contributed by atoms with Crippen LogP contribution in [0.3, 0.4) is 0 Å². The number of nitrogens with two attached hydrogens (primary N) is 1. The molecule has 1 saturated heterocycles. The molecule has 0 saturated carbocycles. The molecule has 0 aromatic carbocycles. The number of rotatable bonds is 3. The number of amides is 1. The molecule has 1 aliphatic heterocycles. The Morgan fingerprint density at radius 2 is 2.25 bits per heavy atom. The van der Waals surface area contributed by atoms with Crippen LogP contribution in [-0.2, 0) is 0 Å². The number of nitrogens with zero attached hydrogens (tertiary/aromatic N) is 5. The monoisotopic (exact) mass is 272 g/mol. The van der Waals surface area contributed by atoms with Gasteiger partial charge in [-0.3, -0.25) is 9.48 Å². The summed E-state index contributed by atoms with van der Waals surface area (Å²) in [5.74, 6) is 0.212. The predicted octanol–water partition coefficient (Wildman–Crippen LogP) is 0.613. The summed E-state index contributed by atoms with van der Waals surface area (Å²) in [6, 6.07) is 5.68. The van der Waals surface area contributed by atoms with Gasteiger partial charge in [-0.25, -0.2) is 0 Å². The number of piperidine rings is 1. The lowest BCUT2D eigenvalue weighted by atomic mass is 10.1. The number of hydrogen-bond acceptors (Lipinski definition) is 5. The highest BCUT2D eigenvalue weighted by Crippen LogP contribution is 2.24. The molecular formula is C13H16N6O. The standard InChI is InChI=1S/C13H16N6O/c14-13(20)11-4-5-12(17-16-11)18-7-1-3-10(9-18)19-8-2-6-15-19/h2,4-6,8,10H,1,3,7,9H2,(H2,14,20). The van der Waals surface area contributed by atoms with E-state index in [1.54, 1.807) is 18.3 Å². The van der Waals surface area contributed by atoms with Crippen molar-refractivity contribution in [1.82, 2.24) is 20.0 Å². The van der Waals surface area contributed by atoms with E-state index in [4.69, 9.17) is 5.73 Å². The van der Waals surface area contributed by atoms with Crippen LogP contribution in [0.2, 0.25) is 0 Å². The second-order valence-corrected chi connectivity index (χ2v) is 4.87. The summed E-state index contributed by atoms with van der Waals surface area (Å²) in [5, 5.41) is 12.2. The highest BCUT2D eigenvalue weighted by atomic mass is 16.1. The Balaban J connectivity index is 1.75. The molecular weight excluding hydrogens is 256 g/mol. The van der Waals surface area contributed by atoms with Crippen molar-refractivity contribution >= 4 is 11.7 Å². The number of primary amides is 1. The fourth-order valence-electron chi connectivity index (χ4n) is 2.50. The highest BCUT2D eigenvalue weighted by Gasteiger charge is 2.22. The summed E-state index contributed by atoms with van der Waals surface area (Å²) in [6.45, 7) is 1.77. The van der Waals surface area contributed by atoms with Crippen LogP contribution in [0.15, 0.2) is 30.6 Å². The molecule has 7 nitrogen and oxygen atoms in total. The van der Waals surface area contributed by atoms with Crippen molar-refractivity contribution in [3.05, 3.63) is 36.3 Å². The first kappa shape index (κ1) is 12.6. The number of carbonyl (C=O) groups is 1. The number of aromatic nitrogens is 4. The van der Waals surface area contributed by atoms with Crippen molar-refractivity contribution in [2.45, 2.75) is 18.9 Å². The van der Waals surface area contributed by atoms with E-state index >= 15 is 0 Å². The maximum Gasteiger partial charge on any atom is 0.269 e. The Labute approximate surface area is 116 Å². The lowest BCUT2D eigenvalue weighted by Crippen LogP contribution is -2.37. The van der Waals surface area contributed by atoms with E-state index in [1.165, 1.54) is 0 Å². The highest BCUT2D eigenvalue weighted by molar-refractivity contribution is 5.90. The molecule has 3 rings (SSSR count). The molecule has 1 amide bonds. The van der Waals surface area contributed by atoms with Gasteiger partial charge in [0.2, 0.25) is 0 Å². The summed E-state index contributed by atoms with van der Waals surface area (Å²) in [5.41, 5.74) is 5.35. The van der Waals surface area contributed by atoms with E-state index in [9.17, 15) is 4.79 Å². The van der Waals surface area contributed by atoms with Gasteiger partial charge in [-0.2, -0.15) is 5.10 Å². The van der Waals surface area contributed by atoms with Crippen LogP contribution >= 0.6 is 0 Å². The summed E-state index contributed by atoms with van der Waals surface area (Å²) in [4.78, 5) is 13.2. The van der Waals surface area contributed by atoms with Gasteiger partial charge in [-0.1, -0.05) is 0 Å². The Morgan fingerprint density at radius 3 is 2.90 bits per heavy atom. The van der Waals surface area contributed by atoms with Crippen LogP contribution in [0.1, 0.15) is 29.4 Å². The third kappa shape index (κ3) is 2.47. The van der Waals surface area contributed by atoms with Crippen molar-refractivity contribution in [3.8, 4) is 0 Å². The Morgan fingerprint density at radius 1 is 1.35 bits per heavy atom. The molecule has 0 bridgehead atoms. The first-order valence-electron chi connectivity index (χ1n) is 6.61. The van der Waals surface area contributed by atoms with Crippen LogP contribution in [-0.4, -0.2) is 39.0 Å². The average Bonchev–Trinajstić information content (AvgIpc) is 3.02. The van der Waals surface area contributed by atoms with Crippen LogP contribution in [0.25, 0.3) is 0 Å². The molecule has 20 heavy (non-hydrogen) atoms. The summed E-state index contributed by atoms with van der Waals surface area (Å²) >= 11 is 0. The Kier molecular flexibility index (Phi) is 3.32. The molecule has 1 aliphatic rings. The second kappa shape index (κ2) is 5.28. The maximum atomic E-state index is 11.0. The summed E-state index contributed by atoms with van der Waals surface area (Å²) < 4.78 is 1.98. The second-order valence-electron chi connectivity index (χ2n) is 4.87. The molecule has 0 radical (unpaired) electrons. The Bertz CT molecular complexity index is 579. The van der Waals surface area contributed by atoms with E-state index < -0.39 is 5.91 Å². The SMILES string of the molecule is NC(=O)c1ccc(N2CCCC(n3cccn3)C2)nn1. The lowest BCUT2D eigenvalue weighted by molar-refractivity contribution is 0.0994. The van der Waals surface area contributed by atoms with Crippen molar-refractivity contribution < 1.29 is 4.79 Å². The lowest BCUT2D eigenvalue weighted by Gasteiger charge is -2.33. The quantitative estimate of drug-likeness (QED) is 0.884. The fourth-order valence-corrected chi connectivity index (χ4v) is 2.50. The van der Waals surface area contributed by atoms with E-state index in [-0.39, 0.29) is 5.69 Å². The van der Waals surface area contributed by atoms with Gasteiger partial charge in [-0.05, 0) is 31.0 Å². The Hall–Kier alpha value is -2.44. The van der Waals surface area contributed by atoms with E-state index in [0.717, 1.165) is 31.7 Å². The van der Waals surface area contributed by atoms with E-state index in [0.29, 0.717) is 6.04 Å². The zero-order valence-electron chi connectivity index (χ0n) is 11.0. The number of hydrogen-bond donors (Lipinski definition) is 1. The molecule has 7 heteroatoms. The van der Waals surface area contributed by atoms with Crippen molar-refractivity contribution in [1.29, 1.82) is 0 Å². The normalized spacial score (nSPS) is 19.0. The molecule has 0 spiro atoms. The van der Waals surface area contributed by atoms with Gasteiger partial charge >= 0.3 is 0 Å². The first-order valence-corrected chi connectivity index (χ1v) is 6.61. The molecule has 2 aromatic rings. The molecule has 1 unspecified atom stereocenters. The first-order chi connectivity index (χ1) is 9.74. The summed E-state index contributed by atoms with van der Waals surface area (Å²) in [7, 11) is 0.